The molecule has 0 N–H and O–H groups in total. The van der Waals surface area contributed by atoms with Crippen molar-refractivity contribution in [3.05, 3.63) is 54.2 Å². The van der Waals surface area contributed by atoms with Gasteiger partial charge in [-0.25, -0.2) is 0 Å². The lowest BCUT2D eigenvalue weighted by Gasteiger charge is -2.38. The van der Waals surface area contributed by atoms with E-state index in [1.54, 1.807) is 6.26 Å². The third-order valence-corrected chi connectivity index (χ3v) is 5.68. The number of hydrogen-bond donors (Lipinski definition) is 0. The first-order chi connectivity index (χ1) is 12.2. The second-order valence-electron chi connectivity index (χ2n) is 7.44. The lowest BCUT2D eigenvalue weighted by Crippen LogP contribution is -2.44. The van der Waals surface area contributed by atoms with Gasteiger partial charge in [-0.3, -0.25) is 14.8 Å². The van der Waals surface area contributed by atoms with E-state index in [4.69, 9.17) is 9.15 Å². The van der Waals surface area contributed by atoms with Crippen LogP contribution >= 0.6 is 0 Å². The SMILES string of the molecule is CN(Cc1ccccn1)[C@H]1COC2(CCN(Cc3ccco3)CC2)C1. The predicted octanol–water partition coefficient (Wildman–Crippen LogP) is 2.93. The van der Waals surface area contributed by atoms with Crippen molar-refractivity contribution >= 4 is 0 Å². The minimum absolute atomic E-state index is 0.0721. The van der Waals surface area contributed by atoms with Crippen molar-refractivity contribution in [2.45, 2.75) is 44.0 Å². The summed E-state index contributed by atoms with van der Waals surface area (Å²) in [7, 11) is 2.19. The average Bonchev–Trinajstić information content (AvgIpc) is 3.29. The molecule has 0 aromatic carbocycles. The van der Waals surface area contributed by atoms with Crippen LogP contribution in [0.25, 0.3) is 0 Å². The minimum Gasteiger partial charge on any atom is -0.468 e. The first-order valence-corrected chi connectivity index (χ1v) is 9.21. The Morgan fingerprint density at radius 3 is 2.84 bits per heavy atom. The summed E-state index contributed by atoms with van der Waals surface area (Å²) in [6.07, 6.45) is 6.97. The second-order valence-corrected chi connectivity index (χ2v) is 7.44. The summed E-state index contributed by atoms with van der Waals surface area (Å²) in [5, 5.41) is 0. The van der Waals surface area contributed by atoms with Gasteiger partial charge in [0.25, 0.3) is 0 Å². The van der Waals surface area contributed by atoms with E-state index in [2.05, 4.69) is 40.0 Å². The van der Waals surface area contributed by atoms with E-state index in [-0.39, 0.29) is 5.60 Å². The molecule has 0 amide bonds. The van der Waals surface area contributed by atoms with Gasteiger partial charge in [0.2, 0.25) is 0 Å². The van der Waals surface area contributed by atoms with Gasteiger partial charge in [0.05, 0.1) is 30.7 Å². The van der Waals surface area contributed by atoms with E-state index in [0.29, 0.717) is 6.04 Å². The van der Waals surface area contributed by atoms with Gasteiger partial charge in [0.15, 0.2) is 0 Å². The lowest BCUT2D eigenvalue weighted by atomic mass is 9.87. The Morgan fingerprint density at radius 2 is 2.12 bits per heavy atom. The van der Waals surface area contributed by atoms with Crippen LogP contribution in [0.2, 0.25) is 0 Å². The first-order valence-electron chi connectivity index (χ1n) is 9.21. The van der Waals surface area contributed by atoms with Crippen LogP contribution in [0.1, 0.15) is 30.7 Å². The molecular formula is C20H27N3O2. The number of aromatic nitrogens is 1. The van der Waals surface area contributed by atoms with Crippen LogP contribution in [0.4, 0.5) is 0 Å². The molecule has 0 saturated carbocycles. The van der Waals surface area contributed by atoms with Gasteiger partial charge < -0.3 is 9.15 Å². The summed E-state index contributed by atoms with van der Waals surface area (Å²) in [5.41, 5.74) is 1.20. The Kier molecular flexibility index (Phi) is 4.88. The first kappa shape index (κ1) is 16.8. The summed E-state index contributed by atoms with van der Waals surface area (Å²) in [6.45, 7) is 4.79. The zero-order chi connectivity index (χ0) is 17.1. The quantitative estimate of drug-likeness (QED) is 0.836. The molecule has 5 nitrogen and oxygen atoms in total. The van der Waals surface area contributed by atoms with E-state index in [1.165, 1.54) is 0 Å². The zero-order valence-corrected chi connectivity index (χ0v) is 14.9. The highest BCUT2D eigenvalue weighted by molar-refractivity contribution is 5.05. The van der Waals surface area contributed by atoms with Gasteiger partial charge >= 0.3 is 0 Å². The smallest absolute Gasteiger partial charge is 0.117 e. The average molecular weight is 341 g/mol. The summed E-state index contributed by atoms with van der Waals surface area (Å²) in [4.78, 5) is 9.31. The van der Waals surface area contributed by atoms with Crippen LogP contribution < -0.4 is 0 Å². The third kappa shape index (κ3) is 3.94. The molecular weight excluding hydrogens is 314 g/mol. The van der Waals surface area contributed by atoms with Crippen LogP contribution in [0.15, 0.2) is 47.2 Å². The number of furan rings is 1. The maximum atomic E-state index is 6.32. The number of nitrogens with zero attached hydrogens (tertiary/aromatic N) is 3. The molecule has 4 rings (SSSR count). The fourth-order valence-corrected chi connectivity index (χ4v) is 4.07. The van der Waals surface area contributed by atoms with Crippen LogP contribution in [0, 0.1) is 0 Å². The molecule has 134 valence electrons. The molecule has 5 heteroatoms. The van der Waals surface area contributed by atoms with Crippen LogP contribution in [-0.4, -0.2) is 53.2 Å². The van der Waals surface area contributed by atoms with Gasteiger partial charge in [0, 0.05) is 31.9 Å². The molecule has 2 aliphatic heterocycles. The number of ether oxygens (including phenoxy) is 1. The molecule has 2 fully saturated rings. The molecule has 0 bridgehead atoms. The van der Waals surface area contributed by atoms with E-state index < -0.39 is 0 Å². The fourth-order valence-electron chi connectivity index (χ4n) is 4.07. The molecule has 0 radical (unpaired) electrons. The Labute approximate surface area is 149 Å². The van der Waals surface area contributed by atoms with Crippen molar-refractivity contribution in [1.82, 2.24) is 14.8 Å². The number of piperidine rings is 1. The molecule has 1 atom stereocenters. The van der Waals surface area contributed by atoms with Crippen molar-refractivity contribution in [2.24, 2.45) is 0 Å². The summed E-state index contributed by atoms with van der Waals surface area (Å²) in [5.74, 6) is 1.05. The molecule has 2 aliphatic rings. The van der Waals surface area contributed by atoms with Crippen molar-refractivity contribution < 1.29 is 9.15 Å². The highest BCUT2D eigenvalue weighted by Crippen LogP contribution is 2.37. The number of likely N-dealkylation sites (N-methyl/N-ethyl adjacent to an activating group) is 1. The van der Waals surface area contributed by atoms with Crippen molar-refractivity contribution in [2.75, 3.05) is 26.7 Å². The van der Waals surface area contributed by atoms with Crippen molar-refractivity contribution in [1.29, 1.82) is 0 Å². The van der Waals surface area contributed by atoms with Gasteiger partial charge in [-0.2, -0.15) is 0 Å². The molecule has 0 unspecified atom stereocenters. The van der Waals surface area contributed by atoms with Crippen LogP contribution in [-0.2, 0) is 17.8 Å². The number of hydrogen-bond acceptors (Lipinski definition) is 5. The summed E-state index contributed by atoms with van der Waals surface area (Å²) < 4.78 is 11.8. The summed E-state index contributed by atoms with van der Waals surface area (Å²) in [6, 6.07) is 10.6. The maximum Gasteiger partial charge on any atom is 0.117 e. The fraction of sp³-hybridized carbons (Fsp3) is 0.550. The normalized spacial score (nSPS) is 23.5. The number of pyridine rings is 1. The van der Waals surface area contributed by atoms with Gasteiger partial charge in [0.1, 0.15) is 5.76 Å². The Morgan fingerprint density at radius 1 is 1.24 bits per heavy atom. The summed E-state index contributed by atoms with van der Waals surface area (Å²) >= 11 is 0. The lowest BCUT2D eigenvalue weighted by molar-refractivity contribution is -0.0461. The Bertz CT molecular complexity index is 651. The molecule has 1 spiro atoms. The van der Waals surface area contributed by atoms with Gasteiger partial charge in [-0.05, 0) is 50.6 Å². The highest BCUT2D eigenvalue weighted by atomic mass is 16.5. The van der Waals surface area contributed by atoms with Crippen molar-refractivity contribution in [3.63, 3.8) is 0 Å². The van der Waals surface area contributed by atoms with Crippen LogP contribution in [0.5, 0.6) is 0 Å². The largest absolute Gasteiger partial charge is 0.468 e. The zero-order valence-electron chi connectivity index (χ0n) is 14.9. The van der Waals surface area contributed by atoms with E-state index in [0.717, 1.165) is 63.5 Å². The van der Waals surface area contributed by atoms with Gasteiger partial charge in [-0.1, -0.05) is 6.07 Å². The van der Waals surface area contributed by atoms with E-state index in [1.807, 2.05) is 18.3 Å². The minimum atomic E-state index is 0.0721. The van der Waals surface area contributed by atoms with Crippen molar-refractivity contribution in [3.8, 4) is 0 Å². The van der Waals surface area contributed by atoms with Crippen LogP contribution in [0.3, 0.4) is 0 Å². The Balaban J connectivity index is 1.28. The standard InChI is InChI=1S/C20H27N3O2/c1-22(14-17-5-2-3-9-21-17)18-13-20(25-16-18)7-10-23(11-8-20)15-19-6-4-12-24-19/h2-6,9,12,18H,7-8,10-11,13-16H2,1H3/t18-/m1/s1. The number of rotatable bonds is 5. The Hall–Kier alpha value is -1.69. The highest BCUT2D eigenvalue weighted by Gasteiger charge is 2.43. The molecule has 0 aliphatic carbocycles. The van der Waals surface area contributed by atoms with Gasteiger partial charge in [-0.15, -0.1) is 0 Å². The molecule has 4 heterocycles. The topological polar surface area (TPSA) is 41.7 Å². The third-order valence-electron chi connectivity index (χ3n) is 5.68. The maximum absolute atomic E-state index is 6.32. The molecule has 2 aromatic rings. The number of likely N-dealkylation sites (tertiary alicyclic amines) is 1. The molecule has 2 aromatic heterocycles. The van der Waals surface area contributed by atoms with E-state index in [9.17, 15) is 0 Å². The molecule has 25 heavy (non-hydrogen) atoms. The molecule has 2 saturated heterocycles. The second kappa shape index (κ2) is 7.28. The monoisotopic (exact) mass is 341 g/mol. The van der Waals surface area contributed by atoms with E-state index >= 15 is 0 Å². The predicted molar refractivity (Wildman–Crippen MR) is 96.0 cm³/mol.